The lowest BCUT2D eigenvalue weighted by Crippen LogP contribution is -2.36. The summed E-state index contributed by atoms with van der Waals surface area (Å²) < 4.78 is 43.7. The van der Waals surface area contributed by atoms with Gasteiger partial charge in [-0.25, -0.2) is 23.0 Å². The number of benzene rings is 2. The zero-order valence-electron chi connectivity index (χ0n) is 18.5. The van der Waals surface area contributed by atoms with Crippen LogP contribution in [0, 0.1) is 17.5 Å². The van der Waals surface area contributed by atoms with Crippen LogP contribution in [0.2, 0.25) is 5.02 Å². The van der Waals surface area contributed by atoms with Crippen molar-refractivity contribution >= 4 is 35.2 Å². The van der Waals surface area contributed by atoms with E-state index in [0.29, 0.717) is 12.6 Å². The van der Waals surface area contributed by atoms with Crippen LogP contribution in [0.1, 0.15) is 49.4 Å². The summed E-state index contributed by atoms with van der Waals surface area (Å²) in [7, 11) is 0. The highest BCUT2D eigenvalue weighted by Crippen LogP contribution is 2.20. The summed E-state index contributed by atoms with van der Waals surface area (Å²) in [5.41, 5.74) is 5.44. The molecule has 0 saturated heterocycles. The van der Waals surface area contributed by atoms with Crippen LogP contribution >= 0.6 is 11.6 Å². The van der Waals surface area contributed by atoms with Crippen LogP contribution in [-0.4, -0.2) is 30.6 Å². The third-order valence-electron chi connectivity index (χ3n) is 4.72. The SMILES string of the molecule is CCOC(=O)NC1CCCCC1.NC(=Nc1cc(F)cc(Cl)c1)NC(=O)c1ccc(F)c(F)c1. The third-order valence-corrected chi connectivity index (χ3v) is 4.94. The normalized spacial score (nSPS) is 14.0. The van der Waals surface area contributed by atoms with E-state index in [-0.39, 0.29) is 28.3 Å². The first kappa shape index (κ1) is 27.0. The predicted molar refractivity (Wildman–Crippen MR) is 124 cm³/mol. The van der Waals surface area contributed by atoms with Crippen molar-refractivity contribution in [1.82, 2.24) is 10.6 Å². The lowest BCUT2D eigenvalue weighted by Gasteiger charge is -2.22. The Balaban J connectivity index is 0.000000287. The van der Waals surface area contributed by atoms with Crippen LogP contribution in [0.15, 0.2) is 41.4 Å². The first-order valence-corrected chi connectivity index (χ1v) is 11.1. The first-order chi connectivity index (χ1) is 16.2. The molecule has 0 aromatic heterocycles. The molecule has 184 valence electrons. The number of guanidine groups is 1. The number of ether oxygens (including phenoxy) is 1. The second kappa shape index (κ2) is 13.4. The maximum absolute atomic E-state index is 13.1. The fourth-order valence-corrected chi connectivity index (χ4v) is 3.40. The molecule has 4 N–H and O–H groups in total. The molecule has 7 nitrogen and oxygen atoms in total. The number of carbonyl (C=O) groups excluding carboxylic acids is 2. The molecule has 0 bridgehead atoms. The van der Waals surface area contributed by atoms with Gasteiger partial charge in [-0.3, -0.25) is 10.1 Å². The molecule has 2 aromatic carbocycles. The van der Waals surface area contributed by atoms with E-state index in [1.165, 1.54) is 25.3 Å². The number of aliphatic imine (C=N–C) groups is 1. The third kappa shape index (κ3) is 9.30. The first-order valence-electron chi connectivity index (χ1n) is 10.7. The standard InChI is InChI=1S/C14H9ClF3N3O.C9H17NO2/c15-8-4-9(16)6-10(5-8)20-14(19)21-13(22)7-1-2-11(17)12(18)3-7;1-2-12-9(11)10-8-6-4-3-5-7-8/h1-6H,(H3,19,20,21,22);8H,2-7H2,1H3,(H,10,11). The van der Waals surface area contributed by atoms with Crippen LogP contribution in [0.25, 0.3) is 0 Å². The molecule has 11 heteroatoms. The quantitative estimate of drug-likeness (QED) is 0.398. The molecule has 0 spiro atoms. The van der Waals surface area contributed by atoms with Gasteiger partial charge in [0.15, 0.2) is 11.6 Å². The molecule has 0 heterocycles. The predicted octanol–water partition coefficient (Wildman–Crippen LogP) is 5.20. The molecule has 1 fully saturated rings. The summed E-state index contributed by atoms with van der Waals surface area (Å²) in [5, 5.41) is 5.13. The number of rotatable bonds is 4. The summed E-state index contributed by atoms with van der Waals surface area (Å²) in [6, 6.07) is 6.44. The Morgan fingerprint density at radius 2 is 1.79 bits per heavy atom. The van der Waals surface area contributed by atoms with Gasteiger partial charge >= 0.3 is 6.09 Å². The Morgan fingerprint density at radius 3 is 2.41 bits per heavy atom. The largest absolute Gasteiger partial charge is 0.450 e. The second-order valence-corrected chi connectivity index (χ2v) is 7.84. The zero-order chi connectivity index (χ0) is 25.1. The molecule has 0 radical (unpaired) electrons. The van der Waals surface area contributed by atoms with Crippen molar-refractivity contribution in [3.8, 4) is 0 Å². The molecule has 0 aliphatic heterocycles. The van der Waals surface area contributed by atoms with Gasteiger partial charge in [0.2, 0.25) is 5.96 Å². The maximum atomic E-state index is 13.1. The molecule has 1 aliphatic carbocycles. The van der Waals surface area contributed by atoms with E-state index in [0.717, 1.165) is 43.2 Å². The minimum absolute atomic E-state index is 0.0908. The van der Waals surface area contributed by atoms with Crippen molar-refractivity contribution in [2.45, 2.75) is 45.1 Å². The van der Waals surface area contributed by atoms with Crippen molar-refractivity contribution in [2.75, 3.05) is 6.61 Å². The van der Waals surface area contributed by atoms with Crippen LogP contribution in [0.5, 0.6) is 0 Å². The zero-order valence-corrected chi connectivity index (χ0v) is 19.3. The lowest BCUT2D eigenvalue weighted by atomic mass is 9.96. The van der Waals surface area contributed by atoms with Crippen LogP contribution < -0.4 is 16.4 Å². The van der Waals surface area contributed by atoms with Gasteiger partial charge < -0.3 is 15.8 Å². The minimum Gasteiger partial charge on any atom is -0.450 e. The van der Waals surface area contributed by atoms with E-state index < -0.39 is 23.4 Å². The number of nitrogens with zero attached hydrogens (tertiary/aromatic N) is 1. The lowest BCUT2D eigenvalue weighted by molar-refractivity contribution is 0.0976. The van der Waals surface area contributed by atoms with Crippen molar-refractivity contribution in [2.24, 2.45) is 10.7 Å². The van der Waals surface area contributed by atoms with Crippen molar-refractivity contribution in [3.05, 3.63) is 64.4 Å². The fourth-order valence-electron chi connectivity index (χ4n) is 3.18. The molecule has 3 rings (SSSR count). The Kier molecular flexibility index (Phi) is 10.7. The van der Waals surface area contributed by atoms with E-state index >= 15 is 0 Å². The van der Waals surface area contributed by atoms with Crippen molar-refractivity contribution in [1.29, 1.82) is 0 Å². The van der Waals surface area contributed by atoms with Gasteiger partial charge in [-0.2, -0.15) is 0 Å². The second-order valence-electron chi connectivity index (χ2n) is 7.41. The Hall–Kier alpha value is -3.27. The highest BCUT2D eigenvalue weighted by molar-refractivity contribution is 6.30. The van der Waals surface area contributed by atoms with Gasteiger partial charge in [0.25, 0.3) is 5.91 Å². The molecule has 2 amide bonds. The molecular weight excluding hydrogens is 473 g/mol. The number of alkyl carbamates (subject to hydrolysis) is 1. The molecular formula is C23H26ClF3N4O3. The molecule has 2 aromatic rings. The number of halogens is 4. The summed E-state index contributed by atoms with van der Waals surface area (Å²) >= 11 is 5.65. The summed E-state index contributed by atoms with van der Waals surface area (Å²) in [6.45, 7) is 2.28. The van der Waals surface area contributed by atoms with Gasteiger partial charge in [-0.05, 0) is 56.2 Å². The summed E-state index contributed by atoms with van der Waals surface area (Å²) in [4.78, 5) is 26.5. The van der Waals surface area contributed by atoms with Gasteiger partial charge in [-0.1, -0.05) is 30.9 Å². The Morgan fingerprint density at radius 1 is 1.09 bits per heavy atom. The maximum Gasteiger partial charge on any atom is 0.407 e. The van der Waals surface area contributed by atoms with Crippen LogP contribution in [0.3, 0.4) is 0 Å². The van der Waals surface area contributed by atoms with Gasteiger partial charge in [0.1, 0.15) is 5.82 Å². The average molecular weight is 499 g/mol. The summed E-state index contributed by atoms with van der Waals surface area (Å²) in [6.07, 6.45) is 5.73. The van der Waals surface area contributed by atoms with Crippen molar-refractivity contribution in [3.63, 3.8) is 0 Å². The van der Waals surface area contributed by atoms with E-state index in [1.807, 2.05) is 6.92 Å². The van der Waals surface area contributed by atoms with Crippen LogP contribution in [0.4, 0.5) is 23.7 Å². The average Bonchev–Trinajstić information content (AvgIpc) is 2.76. The smallest absolute Gasteiger partial charge is 0.407 e. The minimum atomic E-state index is -1.17. The highest BCUT2D eigenvalue weighted by atomic mass is 35.5. The van der Waals surface area contributed by atoms with E-state index in [1.54, 1.807) is 0 Å². The van der Waals surface area contributed by atoms with E-state index in [4.69, 9.17) is 22.1 Å². The van der Waals surface area contributed by atoms with Gasteiger partial charge in [0.05, 0.1) is 12.3 Å². The molecule has 1 aliphatic rings. The Labute approximate surface area is 200 Å². The molecule has 0 atom stereocenters. The summed E-state index contributed by atoms with van der Waals surface area (Å²) in [5.74, 6) is -4.00. The fraction of sp³-hybridized carbons (Fsp3) is 0.348. The van der Waals surface area contributed by atoms with Crippen molar-refractivity contribution < 1.29 is 27.5 Å². The number of hydrogen-bond acceptors (Lipinski definition) is 4. The number of hydrogen-bond donors (Lipinski definition) is 3. The van der Waals surface area contributed by atoms with E-state index in [2.05, 4.69) is 15.6 Å². The number of carbonyl (C=O) groups is 2. The highest BCUT2D eigenvalue weighted by Gasteiger charge is 2.15. The molecule has 1 saturated carbocycles. The monoisotopic (exact) mass is 498 g/mol. The number of nitrogens with two attached hydrogens (primary N) is 1. The van der Waals surface area contributed by atoms with E-state index in [9.17, 15) is 22.8 Å². The molecule has 34 heavy (non-hydrogen) atoms. The molecule has 0 unspecified atom stereocenters. The van der Waals surface area contributed by atoms with Crippen LogP contribution in [-0.2, 0) is 4.74 Å². The number of amides is 2. The number of nitrogens with one attached hydrogen (secondary N) is 2. The topological polar surface area (TPSA) is 106 Å². The van der Waals surface area contributed by atoms with Gasteiger partial charge in [0, 0.05) is 16.6 Å². The van der Waals surface area contributed by atoms with Gasteiger partial charge in [-0.15, -0.1) is 0 Å². The Bertz CT molecular complexity index is 1010.